The van der Waals surface area contributed by atoms with Gasteiger partial charge in [0, 0.05) is 37.5 Å². The van der Waals surface area contributed by atoms with Gasteiger partial charge in [-0.15, -0.1) is 0 Å². The number of aromatic amines is 2. The smallest absolute Gasteiger partial charge is 0.255 e. The molecule has 4 nitrogen and oxygen atoms in total. The highest BCUT2D eigenvalue weighted by molar-refractivity contribution is 9.10. The molecule has 4 rings (SSSR count). The molecule has 0 aliphatic rings. The van der Waals surface area contributed by atoms with Gasteiger partial charge in [-0.2, -0.15) is 0 Å². The first-order valence-corrected chi connectivity index (χ1v) is 9.15. The van der Waals surface area contributed by atoms with Crippen LogP contribution in [0, 0.1) is 0 Å². The first-order valence-electron chi connectivity index (χ1n) is 7.19. The average molecular weight is 483 g/mol. The summed E-state index contributed by atoms with van der Waals surface area (Å²) in [6.45, 7) is 0. The van der Waals surface area contributed by atoms with Gasteiger partial charge in [0.1, 0.15) is 0 Å². The second-order valence-corrected chi connectivity index (χ2v) is 7.43. The normalized spacial score (nSPS) is 10.5. The third-order valence-corrected chi connectivity index (χ3v) is 4.85. The monoisotopic (exact) mass is 480 g/mol. The van der Waals surface area contributed by atoms with Gasteiger partial charge in [-0.3, -0.25) is 9.59 Å². The predicted molar refractivity (Wildman–Crippen MR) is 110 cm³/mol. The van der Waals surface area contributed by atoms with Crippen molar-refractivity contribution in [3.8, 4) is 0 Å². The van der Waals surface area contributed by atoms with Crippen molar-refractivity contribution in [2.75, 3.05) is 0 Å². The van der Waals surface area contributed by atoms with Crippen LogP contribution in [0.1, 0.15) is 0 Å². The molecular weight excluding hydrogens is 471 g/mol. The second-order valence-electron chi connectivity index (χ2n) is 5.19. The van der Waals surface area contributed by atoms with Gasteiger partial charge in [-0.05, 0) is 35.7 Å². The maximum absolute atomic E-state index is 11.3. The van der Waals surface area contributed by atoms with Crippen molar-refractivity contribution in [1.29, 1.82) is 0 Å². The summed E-state index contributed by atoms with van der Waals surface area (Å²) in [4.78, 5) is 27.8. The van der Waals surface area contributed by atoms with E-state index in [0.29, 0.717) is 15.8 Å². The zero-order valence-electron chi connectivity index (χ0n) is 12.6. The maximum Gasteiger partial charge on any atom is 0.255 e. The minimum Gasteiger partial charge on any atom is -0.329 e. The molecular formula is C18H11Br2ClN2O2. The molecule has 2 aromatic carbocycles. The molecule has 0 saturated carbocycles. The Hall–Kier alpha value is -1.89. The summed E-state index contributed by atoms with van der Waals surface area (Å²) in [6.07, 6.45) is 3.15. The molecule has 0 saturated heterocycles. The van der Waals surface area contributed by atoms with Crippen LogP contribution in [0.3, 0.4) is 0 Å². The fourth-order valence-electron chi connectivity index (χ4n) is 2.35. The molecule has 25 heavy (non-hydrogen) atoms. The summed E-state index contributed by atoms with van der Waals surface area (Å²) in [5.41, 5.74) is -0.172. The number of nitrogens with one attached hydrogen (secondary N) is 2. The SMILES string of the molecule is O=c1[nH]cc(Cl)c2ccc(Br)cc12.O=c1[nH]ccc2ccc(Br)cc12. The summed E-state index contributed by atoms with van der Waals surface area (Å²) in [7, 11) is 0. The van der Waals surface area contributed by atoms with E-state index in [1.807, 2.05) is 36.4 Å². The fourth-order valence-corrected chi connectivity index (χ4v) is 3.29. The maximum atomic E-state index is 11.3. The molecule has 0 spiro atoms. The molecule has 2 aromatic heterocycles. The quantitative estimate of drug-likeness (QED) is 0.360. The highest BCUT2D eigenvalue weighted by atomic mass is 79.9. The van der Waals surface area contributed by atoms with Gasteiger partial charge in [-0.1, -0.05) is 55.6 Å². The highest BCUT2D eigenvalue weighted by Gasteiger charge is 2.02. The van der Waals surface area contributed by atoms with E-state index in [2.05, 4.69) is 41.8 Å². The van der Waals surface area contributed by atoms with E-state index in [1.165, 1.54) is 6.20 Å². The largest absolute Gasteiger partial charge is 0.329 e. The minimum atomic E-state index is -0.124. The Morgan fingerprint density at radius 3 is 2.16 bits per heavy atom. The van der Waals surface area contributed by atoms with Gasteiger partial charge in [0.05, 0.1) is 5.02 Å². The van der Waals surface area contributed by atoms with Crippen LogP contribution in [0.5, 0.6) is 0 Å². The lowest BCUT2D eigenvalue weighted by atomic mass is 10.2. The summed E-state index contributed by atoms with van der Waals surface area (Å²) in [5.74, 6) is 0. The molecule has 2 heterocycles. The van der Waals surface area contributed by atoms with Crippen molar-refractivity contribution in [3.63, 3.8) is 0 Å². The van der Waals surface area contributed by atoms with Gasteiger partial charge in [0.2, 0.25) is 0 Å². The molecule has 0 unspecified atom stereocenters. The van der Waals surface area contributed by atoms with Crippen LogP contribution < -0.4 is 11.1 Å². The molecule has 0 radical (unpaired) electrons. The Morgan fingerprint density at radius 1 is 0.760 bits per heavy atom. The van der Waals surface area contributed by atoms with E-state index < -0.39 is 0 Å². The lowest BCUT2D eigenvalue weighted by Gasteiger charge is -1.98. The van der Waals surface area contributed by atoms with Crippen LogP contribution in [0.2, 0.25) is 5.02 Å². The van der Waals surface area contributed by atoms with Gasteiger partial charge < -0.3 is 9.97 Å². The van der Waals surface area contributed by atoms with Crippen molar-refractivity contribution in [2.45, 2.75) is 0 Å². The van der Waals surface area contributed by atoms with Crippen molar-refractivity contribution < 1.29 is 0 Å². The first kappa shape index (κ1) is 17.9. The number of rotatable bonds is 0. The zero-order chi connectivity index (χ0) is 18.0. The topological polar surface area (TPSA) is 65.7 Å². The van der Waals surface area contributed by atoms with Gasteiger partial charge in [0.25, 0.3) is 11.1 Å². The molecule has 0 atom stereocenters. The summed E-state index contributed by atoms with van der Waals surface area (Å²) >= 11 is 12.5. The Labute approximate surface area is 164 Å². The van der Waals surface area contributed by atoms with Crippen molar-refractivity contribution in [2.24, 2.45) is 0 Å². The molecule has 126 valence electrons. The average Bonchev–Trinajstić information content (AvgIpc) is 2.60. The third-order valence-electron chi connectivity index (χ3n) is 3.55. The molecule has 4 aromatic rings. The molecule has 0 bridgehead atoms. The molecule has 0 aliphatic carbocycles. The first-order chi connectivity index (χ1) is 12.0. The van der Waals surface area contributed by atoms with E-state index in [9.17, 15) is 9.59 Å². The van der Waals surface area contributed by atoms with Crippen molar-refractivity contribution in [1.82, 2.24) is 9.97 Å². The van der Waals surface area contributed by atoms with E-state index in [-0.39, 0.29) is 11.1 Å². The molecule has 7 heteroatoms. The Morgan fingerprint density at radius 2 is 1.40 bits per heavy atom. The number of fused-ring (bicyclic) bond motifs is 2. The molecule has 0 aliphatic heterocycles. The van der Waals surface area contributed by atoms with Crippen molar-refractivity contribution >= 4 is 65.0 Å². The number of hydrogen-bond acceptors (Lipinski definition) is 2. The summed E-state index contributed by atoms with van der Waals surface area (Å²) < 4.78 is 1.79. The van der Waals surface area contributed by atoms with Crippen LogP contribution in [-0.4, -0.2) is 9.97 Å². The standard InChI is InChI=1S/C9H5BrClNO.C9H6BrNO/c10-5-1-2-6-7(3-5)9(13)12-4-8(6)11;10-7-2-1-6-3-4-11-9(12)8(6)5-7/h1-4H,(H,12,13);1-5H,(H,11,12). The molecule has 0 amide bonds. The van der Waals surface area contributed by atoms with E-state index in [4.69, 9.17) is 11.6 Å². The second kappa shape index (κ2) is 7.56. The predicted octanol–water partition coefficient (Wildman–Crippen LogP) is 5.23. The third kappa shape index (κ3) is 4.03. The van der Waals surface area contributed by atoms with Crippen LogP contribution >= 0.6 is 43.5 Å². The minimum absolute atomic E-state index is 0.0474. The van der Waals surface area contributed by atoms with E-state index >= 15 is 0 Å². The summed E-state index contributed by atoms with van der Waals surface area (Å²) in [6, 6.07) is 12.9. The van der Waals surface area contributed by atoms with Gasteiger partial charge >= 0.3 is 0 Å². The van der Waals surface area contributed by atoms with Crippen LogP contribution in [-0.2, 0) is 0 Å². The number of pyridine rings is 2. The van der Waals surface area contributed by atoms with Crippen LogP contribution in [0.25, 0.3) is 21.5 Å². The number of halogens is 3. The van der Waals surface area contributed by atoms with E-state index in [0.717, 1.165) is 19.7 Å². The molecule has 2 N–H and O–H groups in total. The Kier molecular flexibility index (Phi) is 5.42. The lowest BCUT2D eigenvalue weighted by molar-refractivity contribution is 1.28. The van der Waals surface area contributed by atoms with Gasteiger partial charge in [0.15, 0.2) is 0 Å². The van der Waals surface area contributed by atoms with Crippen LogP contribution in [0.15, 0.2) is 73.4 Å². The molecule has 0 fully saturated rings. The number of aromatic nitrogens is 2. The lowest BCUT2D eigenvalue weighted by Crippen LogP contribution is -2.04. The zero-order valence-corrected chi connectivity index (χ0v) is 16.6. The Bertz CT molecular complexity index is 1180. The number of benzene rings is 2. The van der Waals surface area contributed by atoms with Crippen LogP contribution in [0.4, 0.5) is 0 Å². The Balaban J connectivity index is 0.000000146. The highest BCUT2D eigenvalue weighted by Crippen LogP contribution is 2.22. The van der Waals surface area contributed by atoms with Crippen molar-refractivity contribution in [3.05, 3.63) is 89.5 Å². The number of hydrogen-bond donors (Lipinski definition) is 2. The number of H-pyrrole nitrogens is 2. The van der Waals surface area contributed by atoms with Gasteiger partial charge in [-0.25, -0.2) is 0 Å². The van der Waals surface area contributed by atoms with E-state index in [1.54, 1.807) is 12.3 Å². The summed E-state index contributed by atoms with van der Waals surface area (Å²) in [5, 5.41) is 3.60. The fraction of sp³-hybridized carbons (Fsp3) is 0.